The molecule has 2 aromatic heterocycles. The van der Waals surface area contributed by atoms with E-state index in [2.05, 4.69) is 14.7 Å². The van der Waals surface area contributed by atoms with Crippen molar-refractivity contribution in [2.75, 3.05) is 13.1 Å². The molecular formula is C29H29F4N3O5S. The fourth-order valence-electron chi connectivity index (χ4n) is 5.12. The minimum atomic E-state index is -4.61. The number of hydrogen-bond donors (Lipinski definition) is 0. The largest absolute Gasteiger partial charge is 0.487 e. The monoisotopic (exact) mass is 607 g/mol. The number of alkyl halides is 3. The van der Waals surface area contributed by atoms with Crippen LogP contribution in [-0.2, 0) is 32.5 Å². The highest BCUT2D eigenvalue weighted by Crippen LogP contribution is 2.41. The van der Waals surface area contributed by atoms with Crippen molar-refractivity contribution in [2.24, 2.45) is 0 Å². The molecule has 8 nitrogen and oxygen atoms in total. The molecule has 0 N–H and O–H groups in total. The summed E-state index contributed by atoms with van der Waals surface area (Å²) in [5, 5.41) is 0. The SMILES string of the molecule is CC(OC(=O)N1CCC2(CCc3cc(-c4ccc(CS(=O)(=O)Cc5ccc(F)cn5)cn4)ccc3O2)CC1)C(F)(F)F. The lowest BCUT2D eigenvalue weighted by Crippen LogP contribution is -2.52. The molecule has 1 spiro atoms. The number of carbonyl (C=O) groups excluding carboxylic acids is 1. The summed E-state index contributed by atoms with van der Waals surface area (Å²) in [6.07, 6.45) is -2.88. The van der Waals surface area contributed by atoms with Crippen molar-refractivity contribution in [1.29, 1.82) is 0 Å². The number of piperidine rings is 1. The maximum atomic E-state index is 13.0. The van der Waals surface area contributed by atoms with Crippen LogP contribution in [0.2, 0.25) is 0 Å². The Morgan fingerprint density at radius 1 is 1.05 bits per heavy atom. The van der Waals surface area contributed by atoms with Gasteiger partial charge in [0.05, 0.1) is 29.1 Å². The predicted molar refractivity (Wildman–Crippen MR) is 145 cm³/mol. The minimum absolute atomic E-state index is 0.226. The van der Waals surface area contributed by atoms with Crippen molar-refractivity contribution in [2.45, 2.75) is 62.0 Å². The van der Waals surface area contributed by atoms with Crippen molar-refractivity contribution in [3.8, 4) is 17.0 Å². The first-order chi connectivity index (χ1) is 19.8. The topological polar surface area (TPSA) is 98.7 Å². The van der Waals surface area contributed by atoms with Crippen molar-refractivity contribution < 1.29 is 40.2 Å². The Morgan fingerprint density at radius 2 is 1.81 bits per heavy atom. The number of likely N-dealkylation sites (tertiary alicyclic amines) is 1. The lowest BCUT2D eigenvalue weighted by Gasteiger charge is -2.44. The van der Waals surface area contributed by atoms with Gasteiger partial charge >= 0.3 is 12.3 Å². The molecule has 5 rings (SSSR count). The van der Waals surface area contributed by atoms with Crippen LogP contribution in [0.5, 0.6) is 5.75 Å². The molecule has 42 heavy (non-hydrogen) atoms. The van der Waals surface area contributed by atoms with E-state index in [1.54, 1.807) is 12.1 Å². The second-order valence-corrected chi connectivity index (χ2v) is 12.8. The highest BCUT2D eigenvalue weighted by Gasteiger charge is 2.43. The van der Waals surface area contributed by atoms with Gasteiger partial charge in [0.2, 0.25) is 0 Å². The van der Waals surface area contributed by atoms with Crippen LogP contribution in [0.4, 0.5) is 22.4 Å². The summed E-state index contributed by atoms with van der Waals surface area (Å²) in [7, 11) is -3.54. The van der Waals surface area contributed by atoms with Crippen LogP contribution in [0.1, 0.15) is 43.0 Å². The van der Waals surface area contributed by atoms with Gasteiger partial charge in [-0.2, -0.15) is 13.2 Å². The Balaban J connectivity index is 1.18. The lowest BCUT2D eigenvalue weighted by atomic mass is 9.83. The summed E-state index contributed by atoms with van der Waals surface area (Å²) in [5.41, 5.74) is 2.78. The van der Waals surface area contributed by atoms with Gasteiger partial charge in [-0.25, -0.2) is 17.6 Å². The van der Waals surface area contributed by atoms with Crippen molar-refractivity contribution >= 4 is 15.9 Å². The molecule has 0 aliphatic carbocycles. The quantitative estimate of drug-likeness (QED) is 0.334. The molecule has 1 saturated heterocycles. The fraction of sp³-hybridized carbons (Fsp3) is 0.414. The molecule has 1 unspecified atom stereocenters. The third-order valence-corrected chi connectivity index (χ3v) is 9.08. The van der Waals surface area contributed by atoms with E-state index in [0.29, 0.717) is 42.7 Å². The number of hydrogen-bond acceptors (Lipinski definition) is 7. The maximum absolute atomic E-state index is 13.0. The van der Waals surface area contributed by atoms with Crippen LogP contribution in [0.3, 0.4) is 0 Å². The molecule has 1 amide bonds. The van der Waals surface area contributed by atoms with Gasteiger partial charge in [-0.3, -0.25) is 9.97 Å². The molecule has 1 atom stereocenters. The van der Waals surface area contributed by atoms with E-state index in [4.69, 9.17) is 4.74 Å². The number of fused-ring (bicyclic) bond motifs is 1. The zero-order chi connectivity index (χ0) is 30.1. The number of rotatable bonds is 6. The molecule has 0 bridgehead atoms. The van der Waals surface area contributed by atoms with E-state index in [1.165, 1.54) is 23.2 Å². The minimum Gasteiger partial charge on any atom is -0.487 e. The molecule has 3 aromatic rings. The van der Waals surface area contributed by atoms with E-state index in [0.717, 1.165) is 24.2 Å². The molecule has 1 aromatic carbocycles. The second-order valence-electron chi connectivity index (χ2n) is 10.7. The summed E-state index contributed by atoms with van der Waals surface area (Å²) in [6.45, 7) is 1.29. The Bertz CT molecular complexity index is 1540. The lowest BCUT2D eigenvalue weighted by molar-refractivity contribution is -0.200. The number of benzene rings is 1. The summed E-state index contributed by atoms with van der Waals surface area (Å²) in [4.78, 5) is 21.7. The van der Waals surface area contributed by atoms with E-state index < -0.39 is 39.6 Å². The standard InChI is InChI=1S/C29H29F4N3O5S/c1-19(29(31,32)33)40-27(37)36-12-10-28(11-13-36)9-8-22-14-21(3-7-26(22)41-28)25-6-2-20(15-35-25)17-42(38,39)18-24-5-4-23(30)16-34-24/h2-7,14-16,19H,8-13,17-18H2,1H3. The third kappa shape index (κ3) is 7.00. The van der Waals surface area contributed by atoms with Crippen LogP contribution >= 0.6 is 0 Å². The Kier molecular flexibility index (Phi) is 8.15. The molecule has 224 valence electrons. The maximum Gasteiger partial charge on any atom is 0.425 e. The number of nitrogens with zero attached hydrogens (tertiary/aromatic N) is 3. The first kappa shape index (κ1) is 29.7. The first-order valence-corrected chi connectivity index (χ1v) is 15.2. The van der Waals surface area contributed by atoms with Gasteiger partial charge in [-0.05, 0) is 67.3 Å². The summed E-state index contributed by atoms with van der Waals surface area (Å²) in [5.74, 6) is -0.353. The average molecular weight is 608 g/mol. The number of halogens is 4. The molecule has 0 radical (unpaired) electrons. The first-order valence-electron chi connectivity index (χ1n) is 13.4. The van der Waals surface area contributed by atoms with Gasteiger partial charge in [-0.15, -0.1) is 0 Å². The molecule has 2 aliphatic heterocycles. The normalized spacial score (nSPS) is 17.3. The molecule has 13 heteroatoms. The molecular weight excluding hydrogens is 578 g/mol. The number of amides is 1. The Morgan fingerprint density at radius 3 is 2.45 bits per heavy atom. The number of sulfone groups is 1. The number of pyridine rings is 2. The van der Waals surface area contributed by atoms with Crippen molar-refractivity contribution in [1.82, 2.24) is 14.9 Å². The number of ether oxygens (including phenoxy) is 2. The highest BCUT2D eigenvalue weighted by molar-refractivity contribution is 7.89. The Hall–Kier alpha value is -3.74. The molecule has 4 heterocycles. The predicted octanol–water partition coefficient (Wildman–Crippen LogP) is 5.64. The van der Waals surface area contributed by atoms with E-state index in [9.17, 15) is 30.8 Å². The van der Waals surface area contributed by atoms with Crippen molar-refractivity contribution in [3.05, 3.63) is 77.5 Å². The number of aromatic nitrogens is 2. The zero-order valence-corrected chi connectivity index (χ0v) is 23.5. The van der Waals surface area contributed by atoms with Gasteiger partial charge in [-0.1, -0.05) is 6.07 Å². The van der Waals surface area contributed by atoms with Crippen LogP contribution in [0, 0.1) is 5.82 Å². The molecule has 1 fully saturated rings. The van der Waals surface area contributed by atoms with E-state index in [-0.39, 0.29) is 30.3 Å². The molecule has 2 aliphatic rings. The molecule has 0 saturated carbocycles. The second kappa shape index (κ2) is 11.5. The van der Waals surface area contributed by atoms with Crippen LogP contribution < -0.4 is 4.74 Å². The number of carbonyl (C=O) groups is 1. The third-order valence-electron chi connectivity index (χ3n) is 7.57. The Labute approximate surface area is 240 Å². The summed E-state index contributed by atoms with van der Waals surface area (Å²) in [6, 6.07) is 11.7. The van der Waals surface area contributed by atoms with Gasteiger partial charge in [0, 0.05) is 37.7 Å². The van der Waals surface area contributed by atoms with Crippen LogP contribution in [0.25, 0.3) is 11.3 Å². The van der Waals surface area contributed by atoms with Gasteiger partial charge < -0.3 is 14.4 Å². The summed E-state index contributed by atoms with van der Waals surface area (Å²) < 4.78 is 87.4. The average Bonchev–Trinajstić information content (AvgIpc) is 2.94. The van der Waals surface area contributed by atoms with Gasteiger partial charge in [0.25, 0.3) is 0 Å². The van der Waals surface area contributed by atoms with E-state index in [1.807, 2.05) is 18.2 Å². The van der Waals surface area contributed by atoms with Crippen molar-refractivity contribution in [3.63, 3.8) is 0 Å². The smallest absolute Gasteiger partial charge is 0.425 e. The summed E-state index contributed by atoms with van der Waals surface area (Å²) >= 11 is 0. The van der Waals surface area contributed by atoms with E-state index >= 15 is 0 Å². The zero-order valence-electron chi connectivity index (χ0n) is 22.7. The van der Waals surface area contributed by atoms with Crippen LogP contribution in [0.15, 0.2) is 54.9 Å². The van der Waals surface area contributed by atoms with Gasteiger partial charge in [0.1, 0.15) is 17.2 Å². The van der Waals surface area contributed by atoms with Gasteiger partial charge in [0.15, 0.2) is 15.9 Å². The fourth-order valence-corrected chi connectivity index (χ4v) is 6.53. The highest BCUT2D eigenvalue weighted by atomic mass is 32.2. The number of aryl methyl sites for hydroxylation is 1. The van der Waals surface area contributed by atoms with Crippen LogP contribution in [-0.4, -0.2) is 60.3 Å².